The summed E-state index contributed by atoms with van der Waals surface area (Å²) >= 11 is 6.35. The van der Waals surface area contributed by atoms with Crippen LogP contribution in [0.25, 0.3) is 0 Å². The minimum absolute atomic E-state index is 0.650. The molecule has 102 valence electrons. The molecule has 1 aliphatic carbocycles. The summed E-state index contributed by atoms with van der Waals surface area (Å²) in [5.41, 5.74) is 2.65. The van der Waals surface area contributed by atoms with E-state index >= 15 is 0 Å². The summed E-state index contributed by atoms with van der Waals surface area (Å²) in [6.45, 7) is 5.19. The SMILES string of the molecule is CCc1ccc(C)[n+](CC=C(Cl)CC2C=CCC2)c1. The lowest BCUT2D eigenvalue weighted by molar-refractivity contribution is -0.693. The molecule has 0 N–H and O–H groups in total. The third kappa shape index (κ3) is 4.21. The summed E-state index contributed by atoms with van der Waals surface area (Å²) < 4.78 is 2.27. The van der Waals surface area contributed by atoms with Crippen LogP contribution in [0.3, 0.4) is 0 Å². The van der Waals surface area contributed by atoms with Crippen molar-refractivity contribution >= 4 is 11.6 Å². The molecule has 0 aromatic carbocycles. The Hall–Kier alpha value is -1.08. The van der Waals surface area contributed by atoms with Crippen molar-refractivity contribution in [3.05, 3.63) is 52.8 Å². The highest BCUT2D eigenvalue weighted by Crippen LogP contribution is 2.25. The highest BCUT2D eigenvalue weighted by atomic mass is 35.5. The van der Waals surface area contributed by atoms with Gasteiger partial charge in [0.2, 0.25) is 0 Å². The van der Waals surface area contributed by atoms with Gasteiger partial charge in [-0.1, -0.05) is 30.7 Å². The quantitative estimate of drug-likeness (QED) is 0.557. The van der Waals surface area contributed by atoms with Gasteiger partial charge in [0.25, 0.3) is 0 Å². The van der Waals surface area contributed by atoms with Gasteiger partial charge < -0.3 is 0 Å². The number of allylic oxidation sites excluding steroid dienone is 4. The van der Waals surface area contributed by atoms with Gasteiger partial charge in [-0.25, -0.2) is 0 Å². The first-order valence-corrected chi connectivity index (χ1v) is 7.57. The molecule has 1 nitrogen and oxygen atoms in total. The van der Waals surface area contributed by atoms with E-state index in [1.54, 1.807) is 0 Å². The summed E-state index contributed by atoms with van der Waals surface area (Å²) in [6, 6.07) is 4.38. The van der Waals surface area contributed by atoms with Crippen molar-refractivity contribution in [2.45, 2.75) is 46.1 Å². The Morgan fingerprint density at radius 2 is 2.32 bits per heavy atom. The van der Waals surface area contributed by atoms with Gasteiger partial charge in [-0.3, -0.25) is 0 Å². The molecular weight excluding hydrogens is 254 g/mol. The lowest BCUT2D eigenvalue weighted by Crippen LogP contribution is -2.36. The number of aromatic nitrogens is 1. The van der Waals surface area contributed by atoms with Crippen molar-refractivity contribution < 1.29 is 4.57 Å². The maximum Gasteiger partial charge on any atom is 0.178 e. The average Bonchev–Trinajstić information content (AvgIpc) is 2.90. The Morgan fingerprint density at radius 3 is 3.00 bits per heavy atom. The lowest BCUT2D eigenvalue weighted by atomic mass is 10.1. The van der Waals surface area contributed by atoms with Gasteiger partial charge in [0, 0.05) is 23.6 Å². The molecule has 0 spiro atoms. The van der Waals surface area contributed by atoms with Crippen molar-refractivity contribution in [1.29, 1.82) is 0 Å². The zero-order valence-electron chi connectivity index (χ0n) is 11.9. The molecule has 2 rings (SSSR count). The molecule has 1 aromatic heterocycles. The number of hydrogen-bond acceptors (Lipinski definition) is 0. The monoisotopic (exact) mass is 276 g/mol. The predicted molar refractivity (Wildman–Crippen MR) is 81.2 cm³/mol. The number of hydrogen-bond donors (Lipinski definition) is 0. The van der Waals surface area contributed by atoms with Gasteiger partial charge in [0.1, 0.15) is 0 Å². The van der Waals surface area contributed by atoms with Crippen molar-refractivity contribution in [2.75, 3.05) is 0 Å². The molecule has 19 heavy (non-hydrogen) atoms. The lowest BCUT2D eigenvalue weighted by Gasteiger charge is -2.06. The number of halogens is 1. The summed E-state index contributed by atoms with van der Waals surface area (Å²) in [7, 11) is 0. The van der Waals surface area contributed by atoms with Crippen molar-refractivity contribution in [3.63, 3.8) is 0 Å². The summed E-state index contributed by atoms with van der Waals surface area (Å²) in [6.07, 6.45) is 13.5. The van der Waals surface area contributed by atoms with Crippen molar-refractivity contribution in [1.82, 2.24) is 0 Å². The second-order valence-corrected chi connectivity index (χ2v) is 5.79. The Morgan fingerprint density at radius 1 is 1.47 bits per heavy atom. The second-order valence-electron chi connectivity index (χ2n) is 5.31. The smallest absolute Gasteiger partial charge is 0.178 e. The summed E-state index contributed by atoms with van der Waals surface area (Å²) in [5.74, 6) is 0.650. The van der Waals surface area contributed by atoms with Gasteiger partial charge in [0.05, 0.1) is 0 Å². The van der Waals surface area contributed by atoms with Gasteiger partial charge in [-0.2, -0.15) is 4.57 Å². The minimum Gasteiger partial charge on any atom is -0.199 e. The third-order valence-electron chi connectivity index (χ3n) is 3.80. The van der Waals surface area contributed by atoms with E-state index < -0.39 is 0 Å². The standard InChI is InChI=1S/C17H23ClN/c1-3-15-9-8-14(2)19(13-15)11-10-17(18)12-16-6-4-5-7-16/h4,6,8-10,13,16H,3,5,7,11-12H2,1-2H3/q+1. The first-order valence-electron chi connectivity index (χ1n) is 7.19. The van der Waals surface area contributed by atoms with Crippen LogP contribution in [0.5, 0.6) is 0 Å². The number of rotatable bonds is 5. The van der Waals surface area contributed by atoms with E-state index in [0.717, 1.165) is 24.4 Å². The van der Waals surface area contributed by atoms with E-state index in [0.29, 0.717) is 5.92 Å². The molecule has 2 heteroatoms. The molecule has 1 aliphatic rings. The Bertz CT molecular complexity index is 488. The normalized spacial score (nSPS) is 19.1. The maximum absolute atomic E-state index is 6.35. The van der Waals surface area contributed by atoms with Crippen LogP contribution >= 0.6 is 11.6 Å². The van der Waals surface area contributed by atoms with Gasteiger partial charge >= 0.3 is 0 Å². The first-order chi connectivity index (χ1) is 9.19. The van der Waals surface area contributed by atoms with Crippen molar-refractivity contribution in [2.24, 2.45) is 5.92 Å². The molecule has 1 heterocycles. The third-order valence-corrected chi connectivity index (χ3v) is 4.11. The maximum atomic E-state index is 6.35. The van der Waals surface area contributed by atoms with Gasteiger partial charge in [0.15, 0.2) is 18.4 Å². The Balaban J connectivity index is 1.98. The van der Waals surface area contributed by atoms with Crippen LogP contribution in [-0.2, 0) is 13.0 Å². The molecule has 0 bridgehead atoms. The van der Waals surface area contributed by atoms with Crippen LogP contribution in [0.15, 0.2) is 41.6 Å². The molecule has 0 saturated heterocycles. The topological polar surface area (TPSA) is 3.88 Å². The molecule has 1 aromatic rings. The average molecular weight is 277 g/mol. The van der Waals surface area contributed by atoms with E-state index in [4.69, 9.17) is 11.6 Å². The van der Waals surface area contributed by atoms with E-state index in [1.807, 2.05) is 0 Å². The van der Waals surface area contributed by atoms with Crippen LogP contribution in [-0.4, -0.2) is 0 Å². The summed E-state index contributed by atoms with van der Waals surface area (Å²) in [4.78, 5) is 0. The largest absolute Gasteiger partial charge is 0.199 e. The fraction of sp³-hybridized carbons (Fsp3) is 0.471. The highest BCUT2D eigenvalue weighted by Gasteiger charge is 2.11. The van der Waals surface area contributed by atoms with E-state index in [2.05, 4.69) is 55.0 Å². The zero-order chi connectivity index (χ0) is 13.7. The summed E-state index contributed by atoms with van der Waals surface area (Å²) in [5, 5.41) is 0.991. The highest BCUT2D eigenvalue weighted by molar-refractivity contribution is 6.29. The second kappa shape index (κ2) is 6.91. The fourth-order valence-electron chi connectivity index (χ4n) is 2.47. The number of nitrogens with zero attached hydrogens (tertiary/aromatic N) is 1. The molecule has 0 fully saturated rings. The zero-order valence-corrected chi connectivity index (χ0v) is 12.7. The Labute approximate surface area is 121 Å². The van der Waals surface area contributed by atoms with Crippen LogP contribution in [0.2, 0.25) is 0 Å². The minimum atomic E-state index is 0.650. The first kappa shape index (κ1) is 14.3. The Kier molecular flexibility index (Phi) is 5.21. The molecule has 1 atom stereocenters. The van der Waals surface area contributed by atoms with Gasteiger partial charge in [-0.05, 0) is 43.7 Å². The fourth-order valence-corrected chi connectivity index (χ4v) is 2.74. The van der Waals surface area contributed by atoms with Crippen LogP contribution in [0, 0.1) is 12.8 Å². The molecule has 0 saturated carbocycles. The molecular formula is C17H23ClN+. The number of pyridine rings is 1. The molecule has 1 unspecified atom stereocenters. The molecule has 0 aliphatic heterocycles. The van der Waals surface area contributed by atoms with Gasteiger partial charge in [-0.15, -0.1) is 0 Å². The van der Waals surface area contributed by atoms with E-state index in [-0.39, 0.29) is 0 Å². The molecule has 0 radical (unpaired) electrons. The van der Waals surface area contributed by atoms with Crippen molar-refractivity contribution in [3.8, 4) is 0 Å². The molecule has 0 amide bonds. The van der Waals surface area contributed by atoms with E-state index in [9.17, 15) is 0 Å². The van der Waals surface area contributed by atoms with Crippen LogP contribution in [0.4, 0.5) is 0 Å². The van der Waals surface area contributed by atoms with Crippen LogP contribution in [0.1, 0.15) is 37.4 Å². The number of aryl methyl sites for hydroxylation is 2. The predicted octanol–water partition coefficient (Wildman–Crippen LogP) is 4.32. The van der Waals surface area contributed by atoms with E-state index in [1.165, 1.54) is 24.1 Å². The van der Waals surface area contributed by atoms with Crippen LogP contribution < -0.4 is 4.57 Å².